The zero-order valence-corrected chi connectivity index (χ0v) is 14.2. The van der Waals surface area contributed by atoms with Gasteiger partial charge in [0.2, 0.25) is 0 Å². The van der Waals surface area contributed by atoms with E-state index in [2.05, 4.69) is 15.6 Å². The van der Waals surface area contributed by atoms with E-state index in [1.807, 2.05) is 30.3 Å². The number of aromatic nitrogens is 1. The summed E-state index contributed by atoms with van der Waals surface area (Å²) in [4.78, 5) is 26.6. The number of urea groups is 1. The minimum Gasteiger partial charge on any atom is -0.485 e. The van der Waals surface area contributed by atoms with Gasteiger partial charge in [-0.05, 0) is 23.8 Å². The molecule has 0 aliphatic heterocycles. The van der Waals surface area contributed by atoms with Gasteiger partial charge in [-0.2, -0.15) is 0 Å². The Bertz CT molecular complexity index is 947. The molecule has 0 fully saturated rings. The highest BCUT2D eigenvalue weighted by atomic mass is 16.6. The van der Waals surface area contributed by atoms with E-state index in [9.17, 15) is 14.9 Å². The molecular formula is C19H16N4O4. The summed E-state index contributed by atoms with van der Waals surface area (Å²) in [6.07, 6.45) is 1.53. The number of benzene rings is 2. The van der Waals surface area contributed by atoms with E-state index in [0.717, 1.165) is 5.56 Å². The lowest BCUT2D eigenvalue weighted by Crippen LogP contribution is -2.20. The predicted molar refractivity (Wildman–Crippen MR) is 101 cm³/mol. The van der Waals surface area contributed by atoms with Crippen LogP contribution in [0.4, 0.5) is 22.0 Å². The Balaban J connectivity index is 1.65. The van der Waals surface area contributed by atoms with Crippen LogP contribution in [0.3, 0.4) is 0 Å². The van der Waals surface area contributed by atoms with Crippen molar-refractivity contribution in [1.29, 1.82) is 0 Å². The summed E-state index contributed by atoms with van der Waals surface area (Å²) in [6.45, 7) is 0.327. The summed E-state index contributed by atoms with van der Waals surface area (Å²) >= 11 is 0. The first-order chi connectivity index (χ1) is 13.1. The number of nitro benzene ring substituents is 1. The van der Waals surface area contributed by atoms with E-state index in [1.54, 1.807) is 18.2 Å². The number of hydrogen-bond donors (Lipinski definition) is 2. The molecule has 3 aromatic rings. The smallest absolute Gasteiger partial charge is 0.324 e. The Hall–Kier alpha value is -3.94. The quantitative estimate of drug-likeness (QED) is 0.503. The van der Waals surface area contributed by atoms with E-state index < -0.39 is 11.0 Å². The van der Waals surface area contributed by atoms with Gasteiger partial charge in [-0.15, -0.1) is 0 Å². The molecule has 2 N–H and O–H groups in total. The molecule has 0 radical (unpaired) electrons. The van der Waals surface area contributed by atoms with Crippen LogP contribution in [-0.2, 0) is 6.61 Å². The van der Waals surface area contributed by atoms with Crippen LogP contribution in [0.25, 0.3) is 0 Å². The molecule has 27 heavy (non-hydrogen) atoms. The molecule has 0 spiro atoms. The van der Waals surface area contributed by atoms with E-state index in [4.69, 9.17) is 4.74 Å². The lowest BCUT2D eigenvalue weighted by atomic mass is 10.2. The monoisotopic (exact) mass is 364 g/mol. The third kappa shape index (κ3) is 5.02. The SMILES string of the molecule is O=C(Nc1cccc([N+](=O)[O-])c1)Nc1ncccc1OCc1ccccc1. The Kier molecular flexibility index (Phi) is 5.58. The number of anilines is 2. The topological polar surface area (TPSA) is 106 Å². The van der Waals surface area contributed by atoms with Crippen LogP contribution in [0, 0.1) is 10.1 Å². The fourth-order valence-electron chi connectivity index (χ4n) is 2.30. The number of amides is 2. The van der Waals surface area contributed by atoms with Crippen LogP contribution in [0.5, 0.6) is 5.75 Å². The number of ether oxygens (including phenoxy) is 1. The number of carbonyl (C=O) groups is 1. The maximum atomic E-state index is 12.2. The molecular weight excluding hydrogens is 348 g/mol. The molecule has 2 aromatic carbocycles. The first kappa shape index (κ1) is 17.9. The Morgan fingerprint density at radius 2 is 1.85 bits per heavy atom. The van der Waals surface area contributed by atoms with Gasteiger partial charge >= 0.3 is 6.03 Å². The molecule has 0 aliphatic rings. The lowest BCUT2D eigenvalue weighted by molar-refractivity contribution is -0.384. The van der Waals surface area contributed by atoms with Crippen LogP contribution < -0.4 is 15.4 Å². The van der Waals surface area contributed by atoms with Gasteiger partial charge in [0.1, 0.15) is 6.61 Å². The lowest BCUT2D eigenvalue weighted by Gasteiger charge is -2.12. The second-order valence-electron chi connectivity index (χ2n) is 5.51. The van der Waals surface area contributed by atoms with Crippen molar-refractivity contribution in [2.24, 2.45) is 0 Å². The number of hydrogen-bond acceptors (Lipinski definition) is 5. The molecule has 136 valence electrons. The molecule has 1 aromatic heterocycles. The van der Waals surface area contributed by atoms with Gasteiger partial charge in [-0.3, -0.25) is 15.4 Å². The van der Waals surface area contributed by atoms with Crippen LogP contribution in [0.2, 0.25) is 0 Å². The van der Waals surface area contributed by atoms with Gasteiger partial charge in [-0.25, -0.2) is 9.78 Å². The van der Waals surface area contributed by atoms with Gasteiger partial charge < -0.3 is 10.1 Å². The highest BCUT2D eigenvalue weighted by Crippen LogP contribution is 2.23. The van der Waals surface area contributed by atoms with E-state index in [1.165, 1.54) is 24.4 Å². The summed E-state index contributed by atoms with van der Waals surface area (Å²) in [6, 6.07) is 18.1. The number of pyridine rings is 1. The minimum atomic E-state index is -0.584. The minimum absolute atomic E-state index is 0.113. The van der Waals surface area contributed by atoms with Crippen molar-refractivity contribution in [3.05, 3.63) is 88.6 Å². The van der Waals surface area contributed by atoms with Gasteiger partial charge in [0.15, 0.2) is 11.6 Å². The highest BCUT2D eigenvalue weighted by Gasteiger charge is 2.11. The Labute approximate surface area is 155 Å². The van der Waals surface area contributed by atoms with Crippen LogP contribution in [-0.4, -0.2) is 15.9 Å². The molecule has 1 heterocycles. The Morgan fingerprint density at radius 1 is 1.04 bits per heavy atom. The van der Waals surface area contributed by atoms with E-state index in [0.29, 0.717) is 18.0 Å². The number of non-ortho nitro benzene ring substituents is 1. The third-order valence-electron chi connectivity index (χ3n) is 3.55. The summed E-state index contributed by atoms with van der Waals surface area (Å²) in [5.74, 6) is 0.659. The normalized spacial score (nSPS) is 10.1. The summed E-state index contributed by atoms with van der Waals surface area (Å²) in [7, 11) is 0. The first-order valence-electron chi connectivity index (χ1n) is 8.06. The van der Waals surface area contributed by atoms with Crippen molar-refractivity contribution in [1.82, 2.24) is 4.98 Å². The molecule has 0 bridgehead atoms. The van der Waals surface area contributed by atoms with Crippen molar-refractivity contribution in [3.8, 4) is 5.75 Å². The zero-order chi connectivity index (χ0) is 19.1. The summed E-state index contributed by atoms with van der Waals surface area (Å²) in [5.41, 5.74) is 1.16. The maximum absolute atomic E-state index is 12.2. The van der Waals surface area contributed by atoms with Crippen molar-refractivity contribution >= 4 is 23.2 Å². The zero-order valence-electron chi connectivity index (χ0n) is 14.2. The summed E-state index contributed by atoms with van der Waals surface area (Å²) in [5, 5.41) is 15.9. The van der Waals surface area contributed by atoms with Gasteiger partial charge in [-0.1, -0.05) is 36.4 Å². The third-order valence-corrected chi connectivity index (χ3v) is 3.55. The molecule has 0 saturated heterocycles. The van der Waals surface area contributed by atoms with Crippen molar-refractivity contribution in [3.63, 3.8) is 0 Å². The number of rotatable bonds is 6. The molecule has 3 rings (SSSR count). The largest absolute Gasteiger partial charge is 0.485 e. The van der Waals surface area contributed by atoms with E-state index >= 15 is 0 Å². The standard InChI is InChI=1S/C19H16N4O4/c24-19(21-15-8-4-9-16(12-15)23(25)26)22-18-17(10-5-11-20-18)27-13-14-6-2-1-3-7-14/h1-12H,13H2,(H2,20,21,22,24). The van der Waals surface area contributed by atoms with Crippen LogP contribution in [0.15, 0.2) is 72.9 Å². The molecule has 0 atom stereocenters. The fourth-order valence-corrected chi connectivity index (χ4v) is 2.30. The second kappa shape index (κ2) is 8.43. The predicted octanol–water partition coefficient (Wildman–Crippen LogP) is 4.21. The van der Waals surface area contributed by atoms with Gasteiger partial charge in [0.05, 0.1) is 4.92 Å². The van der Waals surface area contributed by atoms with Gasteiger partial charge in [0, 0.05) is 24.0 Å². The number of nitro groups is 1. The van der Waals surface area contributed by atoms with Crippen molar-refractivity contribution in [2.75, 3.05) is 10.6 Å². The second-order valence-corrected chi connectivity index (χ2v) is 5.51. The van der Waals surface area contributed by atoms with Crippen LogP contribution >= 0.6 is 0 Å². The molecule has 0 unspecified atom stereocenters. The molecule has 0 aliphatic carbocycles. The Morgan fingerprint density at radius 3 is 2.63 bits per heavy atom. The summed E-state index contributed by atoms with van der Waals surface area (Å²) < 4.78 is 5.73. The fraction of sp³-hybridized carbons (Fsp3) is 0.0526. The average Bonchev–Trinajstić information content (AvgIpc) is 2.68. The molecule has 2 amide bonds. The number of nitrogens with one attached hydrogen (secondary N) is 2. The number of carbonyl (C=O) groups excluding carboxylic acids is 1. The maximum Gasteiger partial charge on any atom is 0.324 e. The molecule has 8 nitrogen and oxygen atoms in total. The number of nitrogens with zero attached hydrogens (tertiary/aromatic N) is 2. The first-order valence-corrected chi connectivity index (χ1v) is 8.06. The van der Waals surface area contributed by atoms with Crippen molar-refractivity contribution < 1.29 is 14.5 Å². The van der Waals surface area contributed by atoms with Crippen molar-refractivity contribution in [2.45, 2.75) is 6.61 Å². The van der Waals surface area contributed by atoms with Gasteiger partial charge in [0.25, 0.3) is 5.69 Å². The molecule has 8 heteroatoms. The van der Waals surface area contributed by atoms with E-state index in [-0.39, 0.29) is 11.5 Å². The molecule has 0 saturated carbocycles. The average molecular weight is 364 g/mol. The van der Waals surface area contributed by atoms with Crippen LogP contribution in [0.1, 0.15) is 5.56 Å². The highest BCUT2D eigenvalue weighted by molar-refractivity contribution is 6.00.